The minimum absolute atomic E-state index is 0.657. The van der Waals surface area contributed by atoms with Crippen LogP contribution in [0.25, 0.3) is 0 Å². The fraction of sp³-hybridized carbons (Fsp3) is 0.786. The van der Waals surface area contributed by atoms with E-state index in [2.05, 4.69) is 24.1 Å². The second-order valence-corrected chi connectivity index (χ2v) is 6.85. The molecule has 0 aromatic carbocycles. The molecule has 2 aliphatic rings. The van der Waals surface area contributed by atoms with Gasteiger partial charge in [0.15, 0.2) is 5.13 Å². The van der Waals surface area contributed by atoms with Crippen molar-refractivity contribution in [1.29, 1.82) is 0 Å². The highest BCUT2D eigenvalue weighted by Crippen LogP contribution is 2.30. The van der Waals surface area contributed by atoms with Gasteiger partial charge in [0.25, 0.3) is 0 Å². The predicted octanol–water partition coefficient (Wildman–Crippen LogP) is 2.87. The molecule has 1 aromatic rings. The second kappa shape index (κ2) is 5.17. The molecule has 0 amide bonds. The maximum absolute atomic E-state index is 4.74. The SMILES string of the molecule is Cc1nc(N2CCCCC2CNC2CC2)sc1C. The molecule has 1 aromatic heterocycles. The quantitative estimate of drug-likeness (QED) is 0.907. The van der Waals surface area contributed by atoms with E-state index in [0.717, 1.165) is 12.6 Å². The Kier molecular flexibility index (Phi) is 3.57. The summed E-state index contributed by atoms with van der Waals surface area (Å²) in [5.41, 5.74) is 1.20. The lowest BCUT2D eigenvalue weighted by atomic mass is 10.0. The maximum atomic E-state index is 4.74. The highest BCUT2D eigenvalue weighted by molar-refractivity contribution is 7.15. The molecule has 1 aliphatic carbocycles. The summed E-state index contributed by atoms with van der Waals surface area (Å²) >= 11 is 1.86. The van der Waals surface area contributed by atoms with Crippen molar-refractivity contribution in [3.8, 4) is 0 Å². The van der Waals surface area contributed by atoms with E-state index in [1.807, 2.05) is 11.3 Å². The van der Waals surface area contributed by atoms with Gasteiger partial charge in [0.2, 0.25) is 0 Å². The number of piperidine rings is 1. The van der Waals surface area contributed by atoms with Crippen molar-refractivity contribution in [2.75, 3.05) is 18.0 Å². The first-order valence-electron chi connectivity index (χ1n) is 7.18. The number of aryl methyl sites for hydroxylation is 2. The van der Waals surface area contributed by atoms with Crippen LogP contribution in [0.15, 0.2) is 0 Å². The molecule has 100 valence electrons. The summed E-state index contributed by atoms with van der Waals surface area (Å²) in [4.78, 5) is 8.65. The molecule has 4 heteroatoms. The third kappa shape index (κ3) is 2.69. The van der Waals surface area contributed by atoms with Crippen LogP contribution in [-0.4, -0.2) is 30.2 Å². The summed E-state index contributed by atoms with van der Waals surface area (Å²) in [6, 6.07) is 1.47. The van der Waals surface area contributed by atoms with E-state index < -0.39 is 0 Å². The van der Waals surface area contributed by atoms with E-state index in [-0.39, 0.29) is 0 Å². The Morgan fingerprint density at radius 3 is 2.78 bits per heavy atom. The van der Waals surface area contributed by atoms with Crippen molar-refractivity contribution in [3.05, 3.63) is 10.6 Å². The van der Waals surface area contributed by atoms with Gasteiger partial charge >= 0.3 is 0 Å². The Labute approximate surface area is 114 Å². The Balaban J connectivity index is 1.69. The van der Waals surface area contributed by atoms with Crippen LogP contribution < -0.4 is 10.2 Å². The number of thiazole rings is 1. The van der Waals surface area contributed by atoms with Gasteiger partial charge in [-0.3, -0.25) is 0 Å². The zero-order valence-corrected chi connectivity index (χ0v) is 12.2. The van der Waals surface area contributed by atoms with E-state index in [0.29, 0.717) is 6.04 Å². The Morgan fingerprint density at radius 2 is 2.11 bits per heavy atom. The average molecular weight is 265 g/mol. The van der Waals surface area contributed by atoms with E-state index in [9.17, 15) is 0 Å². The van der Waals surface area contributed by atoms with E-state index >= 15 is 0 Å². The average Bonchev–Trinajstić information content (AvgIpc) is 3.14. The molecule has 0 radical (unpaired) electrons. The van der Waals surface area contributed by atoms with Gasteiger partial charge in [-0.2, -0.15) is 0 Å². The van der Waals surface area contributed by atoms with Crippen LogP contribution in [-0.2, 0) is 0 Å². The highest BCUT2D eigenvalue weighted by atomic mass is 32.1. The second-order valence-electron chi connectivity index (χ2n) is 5.66. The smallest absolute Gasteiger partial charge is 0.186 e. The van der Waals surface area contributed by atoms with Crippen LogP contribution in [0.2, 0.25) is 0 Å². The molecule has 1 atom stereocenters. The third-order valence-electron chi connectivity index (χ3n) is 4.11. The summed E-state index contributed by atoms with van der Waals surface area (Å²) in [6.07, 6.45) is 6.76. The van der Waals surface area contributed by atoms with Crippen LogP contribution >= 0.6 is 11.3 Å². The van der Waals surface area contributed by atoms with Crippen molar-refractivity contribution in [2.45, 2.75) is 58.0 Å². The van der Waals surface area contributed by atoms with Gasteiger partial charge < -0.3 is 10.2 Å². The highest BCUT2D eigenvalue weighted by Gasteiger charge is 2.28. The fourth-order valence-electron chi connectivity index (χ4n) is 2.63. The Morgan fingerprint density at radius 1 is 1.28 bits per heavy atom. The normalized spacial score (nSPS) is 24.6. The number of aromatic nitrogens is 1. The lowest BCUT2D eigenvalue weighted by molar-refractivity contribution is 0.434. The van der Waals surface area contributed by atoms with Crippen molar-refractivity contribution in [3.63, 3.8) is 0 Å². The topological polar surface area (TPSA) is 28.2 Å². The monoisotopic (exact) mass is 265 g/mol. The molecule has 1 saturated heterocycles. The standard InChI is InChI=1S/C14H23N3S/c1-10-11(2)18-14(16-10)17-8-4-3-5-13(17)9-15-12-6-7-12/h12-13,15H,3-9H2,1-2H3. The molecule has 1 N–H and O–H groups in total. The predicted molar refractivity (Wildman–Crippen MR) is 77.6 cm³/mol. The van der Waals surface area contributed by atoms with Crippen LogP contribution in [0.3, 0.4) is 0 Å². The fourth-order valence-corrected chi connectivity index (χ4v) is 3.64. The molecule has 0 spiro atoms. The van der Waals surface area contributed by atoms with Gasteiger partial charge in [-0.1, -0.05) is 0 Å². The van der Waals surface area contributed by atoms with Crippen molar-refractivity contribution in [1.82, 2.24) is 10.3 Å². The lowest BCUT2D eigenvalue weighted by Crippen LogP contribution is -2.46. The Hall–Kier alpha value is -0.610. The van der Waals surface area contributed by atoms with Gasteiger partial charge in [0.1, 0.15) is 0 Å². The Bertz CT molecular complexity index is 392. The molecule has 1 saturated carbocycles. The van der Waals surface area contributed by atoms with Crippen LogP contribution in [0.5, 0.6) is 0 Å². The summed E-state index contributed by atoms with van der Waals surface area (Å²) < 4.78 is 0. The molecular weight excluding hydrogens is 242 g/mol. The van der Waals surface area contributed by atoms with E-state index in [1.54, 1.807) is 0 Å². The van der Waals surface area contributed by atoms with Gasteiger partial charge in [-0.15, -0.1) is 11.3 Å². The molecule has 3 nitrogen and oxygen atoms in total. The summed E-state index contributed by atoms with van der Waals surface area (Å²) in [7, 11) is 0. The summed E-state index contributed by atoms with van der Waals surface area (Å²) in [6.45, 7) is 6.63. The van der Waals surface area contributed by atoms with Crippen LogP contribution in [0.1, 0.15) is 42.7 Å². The summed E-state index contributed by atoms with van der Waals surface area (Å²) in [5.74, 6) is 0. The number of nitrogens with zero attached hydrogens (tertiary/aromatic N) is 2. The zero-order chi connectivity index (χ0) is 12.5. The number of rotatable bonds is 4. The van der Waals surface area contributed by atoms with Gasteiger partial charge in [0.05, 0.1) is 5.69 Å². The molecule has 2 fully saturated rings. The molecular formula is C14H23N3S. The molecule has 3 rings (SSSR count). The van der Waals surface area contributed by atoms with Crippen LogP contribution in [0, 0.1) is 13.8 Å². The van der Waals surface area contributed by atoms with Gasteiger partial charge in [-0.25, -0.2) is 4.98 Å². The number of anilines is 1. The minimum atomic E-state index is 0.657. The molecule has 1 aliphatic heterocycles. The van der Waals surface area contributed by atoms with E-state index in [4.69, 9.17) is 4.98 Å². The van der Waals surface area contributed by atoms with Crippen LogP contribution in [0.4, 0.5) is 5.13 Å². The van der Waals surface area contributed by atoms with Crippen molar-refractivity contribution < 1.29 is 0 Å². The minimum Gasteiger partial charge on any atom is -0.344 e. The number of hydrogen-bond donors (Lipinski definition) is 1. The lowest BCUT2D eigenvalue weighted by Gasteiger charge is -2.35. The first-order valence-corrected chi connectivity index (χ1v) is 8.00. The molecule has 2 heterocycles. The van der Waals surface area contributed by atoms with Gasteiger partial charge in [0, 0.05) is 30.1 Å². The zero-order valence-electron chi connectivity index (χ0n) is 11.4. The van der Waals surface area contributed by atoms with Crippen molar-refractivity contribution in [2.24, 2.45) is 0 Å². The largest absolute Gasteiger partial charge is 0.344 e. The van der Waals surface area contributed by atoms with Gasteiger partial charge in [-0.05, 0) is 46.0 Å². The summed E-state index contributed by atoms with van der Waals surface area (Å²) in [5, 5.41) is 4.93. The molecule has 0 bridgehead atoms. The number of hydrogen-bond acceptors (Lipinski definition) is 4. The van der Waals surface area contributed by atoms with E-state index in [1.165, 1.54) is 54.4 Å². The number of nitrogens with one attached hydrogen (secondary N) is 1. The first kappa shape index (κ1) is 12.4. The van der Waals surface area contributed by atoms with Crippen molar-refractivity contribution >= 4 is 16.5 Å². The first-order chi connectivity index (χ1) is 8.74. The third-order valence-corrected chi connectivity index (χ3v) is 5.22. The molecule has 18 heavy (non-hydrogen) atoms. The molecule has 1 unspecified atom stereocenters. The maximum Gasteiger partial charge on any atom is 0.186 e.